The van der Waals surface area contributed by atoms with Crippen molar-refractivity contribution in [1.82, 2.24) is 4.90 Å². The van der Waals surface area contributed by atoms with Gasteiger partial charge in [-0.15, -0.1) is 0 Å². The largest absolute Gasteiger partial charge is 0.481 e. The highest BCUT2D eigenvalue weighted by molar-refractivity contribution is 5.79. The lowest BCUT2D eigenvalue weighted by molar-refractivity contribution is -0.144. The monoisotopic (exact) mass is 235 g/mol. The SMILES string of the molecule is O=C(O)CCC1CCCN(C(=O)C(F)F)C1. The third kappa shape index (κ3) is 3.75. The van der Waals surface area contributed by atoms with Gasteiger partial charge in [0.05, 0.1) is 0 Å². The summed E-state index contributed by atoms with van der Waals surface area (Å²) in [4.78, 5) is 22.5. The number of amides is 1. The molecule has 1 rings (SSSR count). The van der Waals surface area contributed by atoms with Crippen molar-refractivity contribution in [3.63, 3.8) is 0 Å². The number of likely N-dealkylation sites (tertiary alicyclic amines) is 1. The predicted molar refractivity (Wildman–Crippen MR) is 52.2 cm³/mol. The van der Waals surface area contributed by atoms with E-state index >= 15 is 0 Å². The number of piperidine rings is 1. The maximum absolute atomic E-state index is 12.2. The number of carbonyl (C=O) groups is 2. The molecule has 1 aliphatic heterocycles. The van der Waals surface area contributed by atoms with Gasteiger partial charge in [0.25, 0.3) is 5.91 Å². The van der Waals surface area contributed by atoms with E-state index in [1.165, 1.54) is 0 Å². The predicted octanol–water partition coefficient (Wildman–Crippen LogP) is 1.35. The van der Waals surface area contributed by atoms with Gasteiger partial charge in [0.2, 0.25) is 0 Å². The normalized spacial score (nSPS) is 21.2. The Labute approximate surface area is 92.2 Å². The van der Waals surface area contributed by atoms with Crippen LogP contribution in [0.1, 0.15) is 25.7 Å². The van der Waals surface area contributed by atoms with Crippen LogP contribution in [0, 0.1) is 5.92 Å². The molecule has 1 heterocycles. The second kappa shape index (κ2) is 5.77. The quantitative estimate of drug-likeness (QED) is 0.800. The number of halogens is 2. The molecule has 1 aliphatic rings. The van der Waals surface area contributed by atoms with Gasteiger partial charge in [-0.25, -0.2) is 0 Å². The number of carbonyl (C=O) groups excluding carboxylic acids is 1. The maximum atomic E-state index is 12.2. The molecular formula is C10H15F2NO3. The van der Waals surface area contributed by atoms with E-state index in [0.29, 0.717) is 19.4 Å². The molecule has 0 radical (unpaired) electrons. The van der Waals surface area contributed by atoms with Crippen molar-refractivity contribution in [2.75, 3.05) is 13.1 Å². The molecule has 16 heavy (non-hydrogen) atoms. The molecule has 1 N–H and O–H groups in total. The second-order valence-electron chi connectivity index (χ2n) is 4.03. The fourth-order valence-electron chi connectivity index (χ4n) is 1.97. The number of aliphatic carboxylic acids is 1. The fraction of sp³-hybridized carbons (Fsp3) is 0.800. The number of carboxylic acids is 1. The number of hydrogen-bond donors (Lipinski definition) is 1. The van der Waals surface area contributed by atoms with E-state index in [-0.39, 0.29) is 18.9 Å². The number of hydrogen-bond acceptors (Lipinski definition) is 2. The first kappa shape index (κ1) is 12.9. The Morgan fingerprint density at radius 3 is 2.69 bits per heavy atom. The molecule has 4 nitrogen and oxygen atoms in total. The zero-order chi connectivity index (χ0) is 12.1. The molecule has 0 bridgehead atoms. The molecule has 0 spiro atoms. The zero-order valence-electron chi connectivity index (χ0n) is 8.86. The van der Waals surface area contributed by atoms with Crippen molar-refractivity contribution < 1.29 is 23.5 Å². The molecule has 6 heteroatoms. The standard InChI is InChI=1S/C10H15F2NO3/c11-9(12)10(16)13-5-1-2-7(6-13)3-4-8(14)15/h7,9H,1-6H2,(H,14,15). The van der Waals surface area contributed by atoms with Crippen molar-refractivity contribution in [3.05, 3.63) is 0 Å². The van der Waals surface area contributed by atoms with Crippen LogP contribution in [0.25, 0.3) is 0 Å². The maximum Gasteiger partial charge on any atom is 0.315 e. The third-order valence-corrected chi connectivity index (χ3v) is 2.78. The van der Waals surface area contributed by atoms with Gasteiger partial charge in [-0.2, -0.15) is 8.78 Å². The van der Waals surface area contributed by atoms with E-state index in [0.717, 1.165) is 11.3 Å². The van der Waals surface area contributed by atoms with Crippen molar-refractivity contribution in [3.8, 4) is 0 Å². The van der Waals surface area contributed by atoms with E-state index in [4.69, 9.17) is 5.11 Å². The lowest BCUT2D eigenvalue weighted by Gasteiger charge is -2.32. The molecule has 1 saturated heterocycles. The van der Waals surface area contributed by atoms with Gasteiger partial charge in [-0.1, -0.05) is 0 Å². The molecule has 1 fully saturated rings. The van der Waals surface area contributed by atoms with E-state index in [1.807, 2.05) is 0 Å². The highest BCUT2D eigenvalue weighted by atomic mass is 19.3. The summed E-state index contributed by atoms with van der Waals surface area (Å²) in [5, 5.41) is 8.51. The summed E-state index contributed by atoms with van der Waals surface area (Å²) in [5.74, 6) is -2.00. The Morgan fingerprint density at radius 1 is 1.44 bits per heavy atom. The Hall–Kier alpha value is -1.20. The van der Waals surface area contributed by atoms with Crippen molar-refractivity contribution in [2.24, 2.45) is 5.92 Å². The molecule has 0 saturated carbocycles. The molecule has 0 aromatic heterocycles. The van der Waals surface area contributed by atoms with Gasteiger partial charge in [0, 0.05) is 19.5 Å². The van der Waals surface area contributed by atoms with E-state index < -0.39 is 18.3 Å². The number of carboxylic acid groups (broad SMARTS) is 1. The second-order valence-corrected chi connectivity index (χ2v) is 4.03. The minimum absolute atomic E-state index is 0.0291. The molecule has 1 amide bonds. The van der Waals surface area contributed by atoms with Gasteiger partial charge in [0.1, 0.15) is 0 Å². The number of rotatable bonds is 4. The summed E-state index contributed by atoms with van der Waals surface area (Å²) in [6, 6.07) is 0. The minimum atomic E-state index is -2.96. The Balaban J connectivity index is 2.41. The van der Waals surface area contributed by atoms with E-state index in [2.05, 4.69) is 0 Å². The Kier molecular flexibility index (Phi) is 4.64. The van der Waals surface area contributed by atoms with Crippen LogP contribution in [-0.2, 0) is 9.59 Å². The smallest absolute Gasteiger partial charge is 0.315 e. The van der Waals surface area contributed by atoms with Crippen LogP contribution in [0.3, 0.4) is 0 Å². The average molecular weight is 235 g/mol. The van der Waals surface area contributed by atoms with Crippen LogP contribution in [0.4, 0.5) is 8.78 Å². The summed E-state index contributed by atoms with van der Waals surface area (Å²) >= 11 is 0. The van der Waals surface area contributed by atoms with Gasteiger partial charge in [-0.05, 0) is 25.2 Å². The first-order valence-corrected chi connectivity index (χ1v) is 5.29. The van der Waals surface area contributed by atoms with Crippen LogP contribution in [0.15, 0.2) is 0 Å². The molecule has 1 unspecified atom stereocenters. The fourth-order valence-corrected chi connectivity index (χ4v) is 1.97. The highest BCUT2D eigenvalue weighted by Crippen LogP contribution is 2.21. The lowest BCUT2D eigenvalue weighted by atomic mass is 9.93. The minimum Gasteiger partial charge on any atom is -0.481 e. The molecule has 0 aliphatic carbocycles. The number of alkyl halides is 2. The summed E-state index contributed by atoms with van der Waals surface area (Å²) < 4.78 is 24.3. The van der Waals surface area contributed by atoms with Crippen molar-refractivity contribution in [1.29, 1.82) is 0 Å². The van der Waals surface area contributed by atoms with Crippen molar-refractivity contribution >= 4 is 11.9 Å². The summed E-state index contributed by atoms with van der Waals surface area (Å²) in [6.07, 6.45) is -1.01. The Bertz CT molecular complexity index is 271. The number of nitrogens with zero attached hydrogens (tertiary/aromatic N) is 1. The van der Waals surface area contributed by atoms with Crippen molar-refractivity contribution in [2.45, 2.75) is 32.1 Å². The average Bonchev–Trinajstić information content (AvgIpc) is 2.25. The topological polar surface area (TPSA) is 57.6 Å². The molecular weight excluding hydrogens is 220 g/mol. The van der Waals surface area contributed by atoms with E-state index in [9.17, 15) is 18.4 Å². The first-order chi connectivity index (χ1) is 7.50. The van der Waals surface area contributed by atoms with Gasteiger partial charge >= 0.3 is 12.4 Å². The first-order valence-electron chi connectivity index (χ1n) is 5.29. The third-order valence-electron chi connectivity index (χ3n) is 2.78. The summed E-state index contributed by atoms with van der Waals surface area (Å²) in [7, 11) is 0. The molecule has 92 valence electrons. The lowest BCUT2D eigenvalue weighted by Crippen LogP contribution is -2.42. The van der Waals surface area contributed by atoms with Crippen LogP contribution in [0.5, 0.6) is 0 Å². The zero-order valence-corrected chi connectivity index (χ0v) is 8.86. The molecule has 0 aromatic carbocycles. The summed E-state index contributed by atoms with van der Waals surface area (Å²) in [6.45, 7) is 0.614. The van der Waals surface area contributed by atoms with E-state index in [1.54, 1.807) is 0 Å². The Morgan fingerprint density at radius 2 is 2.12 bits per heavy atom. The molecule has 1 atom stereocenters. The van der Waals surface area contributed by atoms with Crippen LogP contribution >= 0.6 is 0 Å². The molecule has 0 aromatic rings. The van der Waals surface area contributed by atoms with Gasteiger partial charge < -0.3 is 10.0 Å². The van der Waals surface area contributed by atoms with Crippen LogP contribution < -0.4 is 0 Å². The van der Waals surface area contributed by atoms with Gasteiger partial charge in [-0.3, -0.25) is 9.59 Å². The highest BCUT2D eigenvalue weighted by Gasteiger charge is 2.28. The van der Waals surface area contributed by atoms with Gasteiger partial charge in [0.15, 0.2) is 0 Å². The van der Waals surface area contributed by atoms with Crippen LogP contribution in [-0.4, -0.2) is 41.4 Å². The summed E-state index contributed by atoms with van der Waals surface area (Å²) in [5.41, 5.74) is 0. The van der Waals surface area contributed by atoms with Crippen LogP contribution in [0.2, 0.25) is 0 Å².